The van der Waals surface area contributed by atoms with Gasteiger partial charge in [0, 0.05) is 19.1 Å². The molecule has 0 aromatic carbocycles. The molecule has 0 bridgehead atoms. The number of ether oxygens (including phenoxy) is 1. The molecule has 1 fully saturated rings. The minimum atomic E-state index is -0.497. The molecule has 1 aliphatic rings. The van der Waals surface area contributed by atoms with Crippen LogP contribution in [0, 0.1) is 5.92 Å². The molecule has 0 aliphatic carbocycles. The third kappa shape index (κ3) is 5.39. The van der Waals surface area contributed by atoms with E-state index < -0.39 is 5.60 Å². The predicted molar refractivity (Wildman–Crippen MR) is 78.4 cm³/mol. The topological polar surface area (TPSA) is 58.6 Å². The lowest BCUT2D eigenvalue weighted by molar-refractivity contribution is -0.127. The molecule has 20 heavy (non-hydrogen) atoms. The Morgan fingerprint density at radius 2 is 2.05 bits per heavy atom. The van der Waals surface area contributed by atoms with Crippen molar-refractivity contribution in [2.75, 3.05) is 13.1 Å². The Kier molecular flexibility index (Phi) is 5.84. The van der Waals surface area contributed by atoms with Gasteiger partial charge >= 0.3 is 6.09 Å². The SMILES string of the molecule is CC[C@H](C)NC(=O)[C@@H]1CCCN(C(=O)OC(C)(C)C)C1. The van der Waals surface area contributed by atoms with Gasteiger partial charge in [0.1, 0.15) is 5.60 Å². The van der Waals surface area contributed by atoms with Crippen molar-refractivity contribution in [3.05, 3.63) is 0 Å². The molecule has 1 saturated heterocycles. The van der Waals surface area contributed by atoms with Gasteiger partial charge in [0.25, 0.3) is 0 Å². The minimum absolute atomic E-state index is 0.0487. The van der Waals surface area contributed by atoms with Gasteiger partial charge in [-0.25, -0.2) is 4.79 Å². The van der Waals surface area contributed by atoms with Crippen LogP contribution >= 0.6 is 0 Å². The van der Waals surface area contributed by atoms with Gasteiger partial charge in [-0.2, -0.15) is 0 Å². The van der Waals surface area contributed by atoms with Gasteiger partial charge in [-0.05, 0) is 47.0 Å². The van der Waals surface area contributed by atoms with Gasteiger partial charge in [0.05, 0.1) is 5.92 Å². The molecule has 5 nitrogen and oxygen atoms in total. The number of piperidine rings is 1. The maximum Gasteiger partial charge on any atom is 0.410 e. The third-order valence-corrected chi connectivity index (χ3v) is 3.44. The van der Waals surface area contributed by atoms with Gasteiger partial charge in [0.2, 0.25) is 5.91 Å². The lowest BCUT2D eigenvalue weighted by Gasteiger charge is -2.33. The summed E-state index contributed by atoms with van der Waals surface area (Å²) < 4.78 is 5.36. The summed E-state index contributed by atoms with van der Waals surface area (Å²) in [6.07, 6.45) is 2.27. The van der Waals surface area contributed by atoms with Crippen molar-refractivity contribution in [1.29, 1.82) is 0 Å². The number of amides is 2. The van der Waals surface area contributed by atoms with E-state index in [1.54, 1.807) is 4.90 Å². The number of hydrogen-bond donors (Lipinski definition) is 1. The second-order valence-electron chi connectivity index (χ2n) is 6.58. The van der Waals surface area contributed by atoms with Crippen molar-refractivity contribution in [2.45, 2.75) is 65.5 Å². The summed E-state index contributed by atoms with van der Waals surface area (Å²) in [4.78, 5) is 25.8. The number of likely N-dealkylation sites (tertiary alicyclic amines) is 1. The number of nitrogens with zero attached hydrogens (tertiary/aromatic N) is 1. The summed E-state index contributed by atoms with van der Waals surface area (Å²) in [7, 11) is 0. The summed E-state index contributed by atoms with van der Waals surface area (Å²) >= 11 is 0. The third-order valence-electron chi connectivity index (χ3n) is 3.44. The summed E-state index contributed by atoms with van der Waals surface area (Å²) in [5.41, 5.74) is -0.497. The average molecular weight is 284 g/mol. The molecule has 1 aliphatic heterocycles. The molecule has 0 unspecified atom stereocenters. The molecule has 0 radical (unpaired) electrons. The van der Waals surface area contributed by atoms with E-state index >= 15 is 0 Å². The fraction of sp³-hybridized carbons (Fsp3) is 0.867. The normalized spacial score (nSPS) is 21.2. The highest BCUT2D eigenvalue weighted by molar-refractivity contribution is 5.80. The minimum Gasteiger partial charge on any atom is -0.444 e. The number of hydrogen-bond acceptors (Lipinski definition) is 3. The van der Waals surface area contributed by atoms with E-state index in [9.17, 15) is 9.59 Å². The first-order valence-corrected chi connectivity index (χ1v) is 7.51. The van der Waals surface area contributed by atoms with E-state index in [4.69, 9.17) is 4.74 Å². The summed E-state index contributed by atoms with van der Waals surface area (Å²) in [5.74, 6) is -0.0714. The number of carbonyl (C=O) groups excluding carboxylic acids is 2. The zero-order valence-electron chi connectivity index (χ0n) is 13.4. The molecule has 0 aromatic heterocycles. The van der Waals surface area contributed by atoms with Crippen molar-refractivity contribution in [3.8, 4) is 0 Å². The molecule has 5 heteroatoms. The lowest BCUT2D eigenvalue weighted by Crippen LogP contribution is -2.48. The van der Waals surface area contributed by atoms with Gasteiger partial charge in [-0.1, -0.05) is 6.92 Å². The van der Waals surface area contributed by atoms with E-state index in [0.717, 1.165) is 19.3 Å². The summed E-state index contributed by atoms with van der Waals surface area (Å²) in [6, 6.07) is 0.180. The Morgan fingerprint density at radius 1 is 1.40 bits per heavy atom. The van der Waals surface area contributed by atoms with Crippen LogP contribution < -0.4 is 5.32 Å². The molecule has 2 amide bonds. The Bertz CT molecular complexity index is 350. The molecule has 0 aromatic rings. The molecule has 1 rings (SSSR count). The highest BCUT2D eigenvalue weighted by atomic mass is 16.6. The maximum atomic E-state index is 12.1. The zero-order valence-corrected chi connectivity index (χ0v) is 13.4. The number of nitrogens with one attached hydrogen (secondary N) is 1. The Morgan fingerprint density at radius 3 is 2.60 bits per heavy atom. The van der Waals surface area contributed by atoms with Crippen LogP contribution in [-0.2, 0) is 9.53 Å². The van der Waals surface area contributed by atoms with Gasteiger partial charge < -0.3 is 15.0 Å². The van der Waals surface area contributed by atoms with Crippen molar-refractivity contribution in [3.63, 3.8) is 0 Å². The van der Waals surface area contributed by atoms with Crippen molar-refractivity contribution in [2.24, 2.45) is 5.92 Å². The molecular formula is C15H28N2O3. The highest BCUT2D eigenvalue weighted by Gasteiger charge is 2.31. The van der Waals surface area contributed by atoms with Crippen LogP contribution in [0.1, 0.15) is 53.9 Å². The van der Waals surface area contributed by atoms with Crippen molar-refractivity contribution < 1.29 is 14.3 Å². The molecule has 1 heterocycles. The van der Waals surface area contributed by atoms with Crippen LogP contribution in [0.25, 0.3) is 0 Å². The monoisotopic (exact) mass is 284 g/mol. The predicted octanol–water partition coefficient (Wildman–Crippen LogP) is 2.55. The van der Waals surface area contributed by atoms with Crippen LogP contribution in [0.5, 0.6) is 0 Å². The second kappa shape index (κ2) is 6.95. The average Bonchev–Trinajstić information content (AvgIpc) is 2.36. The molecule has 0 saturated carbocycles. The first-order chi connectivity index (χ1) is 9.23. The smallest absolute Gasteiger partial charge is 0.410 e. The van der Waals surface area contributed by atoms with Crippen LogP contribution in [-0.4, -0.2) is 41.6 Å². The van der Waals surface area contributed by atoms with Gasteiger partial charge in [-0.3, -0.25) is 4.79 Å². The quantitative estimate of drug-likeness (QED) is 0.866. The molecule has 1 N–H and O–H groups in total. The largest absolute Gasteiger partial charge is 0.444 e. The van der Waals surface area contributed by atoms with E-state index in [1.165, 1.54) is 0 Å². The maximum absolute atomic E-state index is 12.1. The van der Waals surface area contributed by atoms with E-state index in [0.29, 0.717) is 13.1 Å². The van der Waals surface area contributed by atoms with Crippen LogP contribution in [0.15, 0.2) is 0 Å². The summed E-state index contributed by atoms with van der Waals surface area (Å²) in [5, 5.41) is 2.99. The first kappa shape index (κ1) is 16.8. The molecular weight excluding hydrogens is 256 g/mol. The van der Waals surface area contributed by atoms with Gasteiger partial charge in [-0.15, -0.1) is 0 Å². The first-order valence-electron chi connectivity index (χ1n) is 7.51. The molecule has 116 valence electrons. The zero-order chi connectivity index (χ0) is 15.3. The lowest BCUT2D eigenvalue weighted by atomic mass is 9.97. The van der Waals surface area contributed by atoms with Crippen LogP contribution in [0.2, 0.25) is 0 Å². The van der Waals surface area contributed by atoms with E-state index in [-0.39, 0.29) is 24.0 Å². The molecule has 0 spiro atoms. The standard InChI is InChI=1S/C15H28N2O3/c1-6-11(2)16-13(18)12-8-7-9-17(10-12)14(19)20-15(3,4)5/h11-12H,6-10H2,1-5H3,(H,16,18)/t11-,12+/m0/s1. The van der Waals surface area contributed by atoms with Gasteiger partial charge in [0.15, 0.2) is 0 Å². The van der Waals surface area contributed by atoms with Crippen LogP contribution in [0.4, 0.5) is 4.79 Å². The summed E-state index contributed by atoms with van der Waals surface area (Å²) in [6.45, 7) is 10.7. The van der Waals surface area contributed by atoms with E-state index in [2.05, 4.69) is 5.32 Å². The fourth-order valence-electron chi connectivity index (χ4n) is 2.15. The number of carbonyl (C=O) groups is 2. The van der Waals surface area contributed by atoms with Crippen molar-refractivity contribution >= 4 is 12.0 Å². The second-order valence-corrected chi connectivity index (χ2v) is 6.58. The Hall–Kier alpha value is -1.26. The van der Waals surface area contributed by atoms with E-state index in [1.807, 2.05) is 34.6 Å². The molecule has 2 atom stereocenters. The van der Waals surface area contributed by atoms with Crippen LogP contribution in [0.3, 0.4) is 0 Å². The fourth-order valence-corrected chi connectivity index (χ4v) is 2.15. The Labute approximate surface area is 122 Å². The Balaban J connectivity index is 2.54. The van der Waals surface area contributed by atoms with Crippen molar-refractivity contribution in [1.82, 2.24) is 10.2 Å². The highest BCUT2D eigenvalue weighted by Crippen LogP contribution is 2.19. The number of rotatable bonds is 3.